The molecule has 5 heteroatoms. The predicted molar refractivity (Wildman–Crippen MR) is 75.8 cm³/mol. The van der Waals surface area contributed by atoms with Gasteiger partial charge in [0.1, 0.15) is 5.76 Å². The van der Waals surface area contributed by atoms with Crippen LogP contribution >= 0.6 is 31.9 Å². The van der Waals surface area contributed by atoms with Crippen LogP contribution in [0.5, 0.6) is 0 Å². The number of hydrogen-bond donors (Lipinski definition) is 1. The molecule has 0 aliphatic carbocycles. The van der Waals surface area contributed by atoms with Crippen LogP contribution in [0.3, 0.4) is 0 Å². The molecule has 1 aromatic rings. The van der Waals surface area contributed by atoms with Crippen molar-refractivity contribution in [3.05, 3.63) is 24.2 Å². The molecule has 0 saturated heterocycles. The minimum atomic E-state index is -0.194. The summed E-state index contributed by atoms with van der Waals surface area (Å²) in [6.45, 7) is 2.06. The van der Waals surface area contributed by atoms with Crippen molar-refractivity contribution in [2.24, 2.45) is 0 Å². The lowest BCUT2D eigenvalue weighted by molar-refractivity contribution is -0.122. The van der Waals surface area contributed by atoms with E-state index in [-0.39, 0.29) is 11.4 Å². The van der Waals surface area contributed by atoms with E-state index in [4.69, 9.17) is 4.42 Å². The second-order valence-corrected chi connectivity index (χ2v) is 5.15. The van der Waals surface area contributed by atoms with Crippen LogP contribution in [0.4, 0.5) is 0 Å². The highest BCUT2D eigenvalue weighted by Crippen LogP contribution is 2.17. The highest BCUT2D eigenvalue weighted by Gasteiger charge is 2.27. The zero-order valence-electron chi connectivity index (χ0n) is 9.84. The number of alkyl halides is 2. The number of carbonyl (C=O) groups excluding carboxylic acids is 1. The van der Waals surface area contributed by atoms with E-state index in [2.05, 4.69) is 44.1 Å². The number of rotatable bonds is 7. The van der Waals surface area contributed by atoms with Gasteiger partial charge in [0, 0.05) is 23.5 Å². The second kappa shape index (κ2) is 7.21. The predicted octanol–water partition coefficient (Wildman–Crippen LogP) is 3.27. The highest BCUT2D eigenvalue weighted by molar-refractivity contribution is 9.09. The summed E-state index contributed by atoms with van der Waals surface area (Å²) in [6, 6.07) is 3.72. The maximum absolute atomic E-state index is 11.8. The van der Waals surface area contributed by atoms with Crippen LogP contribution in [0.1, 0.15) is 25.5 Å². The summed E-state index contributed by atoms with van der Waals surface area (Å²) in [6.07, 6.45) is 3.61. The van der Waals surface area contributed by atoms with Crippen LogP contribution in [0.2, 0.25) is 0 Å². The molecule has 96 valence electrons. The van der Waals surface area contributed by atoms with E-state index in [1.165, 1.54) is 0 Å². The van der Waals surface area contributed by atoms with Gasteiger partial charge in [-0.2, -0.15) is 0 Å². The average molecular weight is 367 g/mol. The number of hydrogen-bond acceptors (Lipinski definition) is 2. The Kier molecular flexibility index (Phi) is 6.27. The molecule has 0 aromatic carbocycles. The van der Waals surface area contributed by atoms with Crippen molar-refractivity contribution in [1.29, 1.82) is 0 Å². The van der Waals surface area contributed by atoms with Crippen molar-refractivity contribution in [2.75, 3.05) is 10.7 Å². The molecule has 1 rings (SSSR count). The van der Waals surface area contributed by atoms with Gasteiger partial charge in [0.15, 0.2) is 0 Å². The lowest BCUT2D eigenvalue weighted by atomic mass is 10.0. The topological polar surface area (TPSA) is 42.2 Å². The first-order valence-corrected chi connectivity index (χ1v) is 7.85. The molecule has 0 unspecified atom stereocenters. The van der Waals surface area contributed by atoms with Crippen molar-refractivity contribution in [2.45, 2.75) is 31.7 Å². The quantitative estimate of drug-likeness (QED) is 0.752. The van der Waals surface area contributed by atoms with Crippen molar-refractivity contribution < 1.29 is 9.21 Å². The molecule has 1 aromatic heterocycles. The summed E-state index contributed by atoms with van der Waals surface area (Å²) >= 11 is 6.90. The van der Waals surface area contributed by atoms with Gasteiger partial charge < -0.3 is 9.73 Å². The first-order chi connectivity index (χ1) is 8.15. The Morgan fingerprint density at radius 3 is 2.65 bits per heavy atom. The van der Waals surface area contributed by atoms with E-state index in [1.54, 1.807) is 6.26 Å². The number of halogens is 2. The van der Waals surface area contributed by atoms with E-state index in [9.17, 15) is 4.79 Å². The zero-order valence-corrected chi connectivity index (χ0v) is 13.0. The summed E-state index contributed by atoms with van der Waals surface area (Å²) in [5.74, 6) is 0.905. The minimum absolute atomic E-state index is 0.0575. The second-order valence-electron chi connectivity index (χ2n) is 4.03. The Hall–Kier alpha value is -0.290. The fourth-order valence-electron chi connectivity index (χ4n) is 1.43. The molecule has 0 atom stereocenters. The van der Waals surface area contributed by atoms with Crippen molar-refractivity contribution >= 4 is 37.8 Å². The Morgan fingerprint density at radius 2 is 2.18 bits per heavy atom. The van der Waals surface area contributed by atoms with Crippen LogP contribution in [0, 0.1) is 0 Å². The first-order valence-electron chi connectivity index (χ1n) is 5.61. The van der Waals surface area contributed by atoms with Gasteiger partial charge in [0.05, 0.1) is 11.8 Å². The van der Waals surface area contributed by atoms with E-state index in [0.29, 0.717) is 12.8 Å². The van der Waals surface area contributed by atoms with E-state index >= 15 is 0 Å². The normalized spacial score (nSPS) is 11.5. The molecule has 17 heavy (non-hydrogen) atoms. The smallest absolute Gasteiger partial charge is 0.220 e. The van der Waals surface area contributed by atoms with Crippen LogP contribution in [0.15, 0.2) is 22.8 Å². The van der Waals surface area contributed by atoms with Crippen LogP contribution in [-0.4, -0.2) is 22.1 Å². The van der Waals surface area contributed by atoms with Gasteiger partial charge in [0.2, 0.25) is 5.91 Å². The largest absolute Gasteiger partial charge is 0.469 e. The van der Waals surface area contributed by atoms with Crippen LogP contribution in [0.25, 0.3) is 0 Å². The molecule has 1 N–H and O–H groups in total. The van der Waals surface area contributed by atoms with Crippen molar-refractivity contribution in [3.8, 4) is 0 Å². The lowest BCUT2D eigenvalue weighted by Crippen LogP contribution is -2.51. The summed E-state index contributed by atoms with van der Waals surface area (Å²) < 4.78 is 5.19. The van der Waals surface area contributed by atoms with E-state index < -0.39 is 0 Å². The zero-order chi connectivity index (χ0) is 12.7. The number of nitrogens with one attached hydrogen (secondary N) is 1. The Balaban J connectivity index is 2.42. The maximum atomic E-state index is 11.8. The lowest BCUT2D eigenvalue weighted by Gasteiger charge is -2.30. The summed E-state index contributed by atoms with van der Waals surface area (Å²) in [7, 11) is 0. The van der Waals surface area contributed by atoms with Gasteiger partial charge in [-0.1, -0.05) is 38.8 Å². The van der Waals surface area contributed by atoms with Crippen molar-refractivity contribution in [3.63, 3.8) is 0 Å². The molecular weight excluding hydrogens is 350 g/mol. The standard InChI is InChI=1S/C12H17Br2NO2/c1-2-12(8-13,9-14)15-11(16)6-5-10-4-3-7-17-10/h3-4,7H,2,5-6,8-9H2,1H3,(H,15,16). The van der Waals surface area contributed by atoms with Gasteiger partial charge in [-0.25, -0.2) is 0 Å². The van der Waals surface area contributed by atoms with Gasteiger partial charge >= 0.3 is 0 Å². The Morgan fingerprint density at radius 1 is 1.47 bits per heavy atom. The first kappa shape index (κ1) is 14.8. The number of carbonyl (C=O) groups is 1. The van der Waals surface area contributed by atoms with Gasteiger partial charge in [-0.15, -0.1) is 0 Å². The SMILES string of the molecule is CCC(CBr)(CBr)NC(=O)CCc1ccco1. The fourth-order valence-corrected chi connectivity index (χ4v) is 3.43. The molecule has 0 aliphatic rings. The molecule has 0 radical (unpaired) electrons. The van der Waals surface area contributed by atoms with Crippen LogP contribution < -0.4 is 5.32 Å². The molecule has 1 heterocycles. The van der Waals surface area contributed by atoms with Gasteiger partial charge in [-0.05, 0) is 18.6 Å². The molecule has 3 nitrogen and oxygen atoms in total. The summed E-state index contributed by atoms with van der Waals surface area (Å²) in [4.78, 5) is 11.8. The molecule has 0 spiro atoms. The molecule has 0 bridgehead atoms. The Labute approximate surface area is 119 Å². The average Bonchev–Trinajstić information content (AvgIpc) is 2.87. The molecular formula is C12H17Br2NO2. The van der Waals surface area contributed by atoms with E-state index in [1.807, 2.05) is 12.1 Å². The summed E-state index contributed by atoms with van der Waals surface area (Å²) in [5, 5.41) is 4.56. The van der Waals surface area contributed by atoms with Gasteiger partial charge in [-0.3, -0.25) is 4.79 Å². The number of amides is 1. The highest BCUT2D eigenvalue weighted by atomic mass is 79.9. The van der Waals surface area contributed by atoms with E-state index in [0.717, 1.165) is 22.8 Å². The third-order valence-corrected chi connectivity index (χ3v) is 4.92. The maximum Gasteiger partial charge on any atom is 0.220 e. The molecule has 0 fully saturated rings. The summed E-state index contributed by atoms with van der Waals surface area (Å²) in [5.41, 5.74) is -0.194. The third kappa shape index (κ3) is 4.47. The number of aryl methyl sites for hydroxylation is 1. The van der Waals surface area contributed by atoms with Gasteiger partial charge in [0.25, 0.3) is 0 Å². The minimum Gasteiger partial charge on any atom is -0.469 e. The monoisotopic (exact) mass is 365 g/mol. The van der Waals surface area contributed by atoms with Crippen molar-refractivity contribution in [1.82, 2.24) is 5.32 Å². The molecule has 0 saturated carbocycles. The third-order valence-electron chi connectivity index (χ3n) is 2.77. The fraction of sp³-hybridized carbons (Fsp3) is 0.583. The van der Waals surface area contributed by atoms with Crippen LogP contribution in [-0.2, 0) is 11.2 Å². The Bertz CT molecular complexity index is 326. The number of furan rings is 1. The molecule has 1 amide bonds. The molecule has 0 aliphatic heterocycles.